The summed E-state index contributed by atoms with van der Waals surface area (Å²) in [5, 5.41) is 20.3. The number of rotatable bonds is 5. The van der Waals surface area contributed by atoms with Gasteiger partial charge in [0, 0.05) is 6.54 Å². The quantitative estimate of drug-likeness (QED) is 0.646. The molecule has 4 rings (SSSR count). The van der Waals surface area contributed by atoms with Crippen molar-refractivity contribution in [3.05, 3.63) is 83.4 Å². The topological polar surface area (TPSA) is 102 Å². The molecule has 0 spiro atoms. The maximum Gasteiger partial charge on any atom is 0.328 e. The van der Waals surface area contributed by atoms with Crippen LogP contribution >= 0.6 is 0 Å². The standard InChI is InChI=1S/C24H19N3O4/c1-24(20-10-7-16(13-25)8-11-20)22(30)26(15-21(28)29)23(31)27(24)14-17-6-9-18-4-2-3-5-19(18)12-17/h2-12H,14-15H2,1H3,(H,28,29)/t24-/m1/s1. The highest BCUT2D eigenvalue weighted by molar-refractivity contribution is 6.08. The molecule has 0 aromatic heterocycles. The number of carboxylic acids is 1. The van der Waals surface area contributed by atoms with Crippen LogP contribution < -0.4 is 0 Å². The third-order valence-electron chi connectivity index (χ3n) is 5.69. The van der Waals surface area contributed by atoms with Crippen molar-refractivity contribution in [2.75, 3.05) is 6.54 Å². The number of amides is 3. The number of carboxylic acid groups (broad SMARTS) is 1. The zero-order chi connectivity index (χ0) is 22.2. The van der Waals surface area contributed by atoms with Crippen LogP contribution in [0.2, 0.25) is 0 Å². The van der Waals surface area contributed by atoms with Gasteiger partial charge in [0.2, 0.25) is 0 Å². The van der Waals surface area contributed by atoms with E-state index in [-0.39, 0.29) is 6.54 Å². The maximum atomic E-state index is 13.3. The van der Waals surface area contributed by atoms with Crippen LogP contribution in [0.15, 0.2) is 66.7 Å². The van der Waals surface area contributed by atoms with Gasteiger partial charge in [0.15, 0.2) is 0 Å². The summed E-state index contributed by atoms with van der Waals surface area (Å²) in [7, 11) is 0. The Morgan fingerprint density at radius 1 is 1.03 bits per heavy atom. The zero-order valence-electron chi connectivity index (χ0n) is 16.8. The highest BCUT2D eigenvalue weighted by atomic mass is 16.4. The van der Waals surface area contributed by atoms with Gasteiger partial charge in [-0.3, -0.25) is 14.5 Å². The van der Waals surface area contributed by atoms with Crippen LogP contribution in [0.5, 0.6) is 0 Å². The van der Waals surface area contributed by atoms with Crippen LogP contribution in [0.3, 0.4) is 0 Å². The van der Waals surface area contributed by atoms with Gasteiger partial charge in [-0.2, -0.15) is 5.26 Å². The Hall–Kier alpha value is -4.18. The van der Waals surface area contributed by atoms with E-state index >= 15 is 0 Å². The number of imide groups is 1. The highest BCUT2D eigenvalue weighted by Crippen LogP contribution is 2.38. The molecule has 0 aliphatic carbocycles. The van der Waals surface area contributed by atoms with Crippen LogP contribution in [0.1, 0.15) is 23.6 Å². The second-order valence-electron chi connectivity index (χ2n) is 7.60. The van der Waals surface area contributed by atoms with E-state index in [0.29, 0.717) is 11.1 Å². The minimum Gasteiger partial charge on any atom is -0.480 e. The van der Waals surface area contributed by atoms with Crippen molar-refractivity contribution < 1.29 is 19.5 Å². The largest absolute Gasteiger partial charge is 0.480 e. The molecule has 154 valence electrons. The summed E-state index contributed by atoms with van der Waals surface area (Å²) < 4.78 is 0. The average Bonchev–Trinajstić information content (AvgIpc) is 2.95. The predicted octanol–water partition coefficient (Wildman–Crippen LogP) is 3.48. The third-order valence-corrected chi connectivity index (χ3v) is 5.69. The summed E-state index contributed by atoms with van der Waals surface area (Å²) in [5.74, 6) is -1.87. The van der Waals surface area contributed by atoms with E-state index in [1.54, 1.807) is 31.2 Å². The van der Waals surface area contributed by atoms with Gasteiger partial charge in [-0.15, -0.1) is 0 Å². The van der Waals surface area contributed by atoms with E-state index in [9.17, 15) is 19.5 Å². The lowest BCUT2D eigenvalue weighted by atomic mass is 9.89. The lowest BCUT2D eigenvalue weighted by molar-refractivity contribution is -0.143. The van der Waals surface area contributed by atoms with E-state index in [1.807, 2.05) is 48.5 Å². The highest BCUT2D eigenvalue weighted by Gasteiger charge is 2.55. The minimum atomic E-state index is -1.40. The molecule has 0 unspecified atom stereocenters. The second-order valence-corrected chi connectivity index (χ2v) is 7.60. The fraction of sp³-hybridized carbons (Fsp3) is 0.167. The SMILES string of the molecule is C[C@@]1(c2ccc(C#N)cc2)C(=O)N(CC(=O)O)C(=O)N1Cc1ccc2ccccc2c1. The minimum absolute atomic E-state index is 0.127. The van der Waals surface area contributed by atoms with Gasteiger partial charge in [0.25, 0.3) is 5.91 Å². The molecule has 1 saturated heterocycles. The van der Waals surface area contributed by atoms with Gasteiger partial charge in [0.1, 0.15) is 12.1 Å². The number of carbonyl (C=O) groups excluding carboxylic acids is 2. The summed E-state index contributed by atoms with van der Waals surface area (Å²) in [6, 6.07) is 21.4. The lowest BCUT2D eigenvalue weighted by Crippen LogP contribution is -2.44. The average molecular weight is 413 g/mol. The zero-order valence-corrected chi connectivity index (χ0v) is 16.8. The van der Waals surface area contributed by atoms with Crippen molar-refractivity contribution in [3.8, 4) is 6.07 Å². The molecule has 31 heavy (non-hydrogen) atoms. The molecule has 3 aromatic carbocycles. The number of carbonyl (C=O) groups is 3. The van der Waals surface area contributed by atoms with Gasteiger partial charge >= 0.3 is 12.0 Å². The maximum absolute atomic E-state index is 13.3. The molecule has 1 atom stereocenters. The fourth-order valence-corrected chi connectivity index (χ4v) is 3.97. The Labute approximate surface area is 178 Å². The Kier molecular flexibility index (Phi) is 4.91. The summed E-state index contributed by atoms with van der Waals surface area (Å²) in [4.78, 5) is 39.9. The summed E-state index contributed by atoms with van der Waals surface area (Å²) in [6.07, 6.45) is 0. The first kappa shape index (κ1) is 20.1. The van der Waals surface area contributed by atoms with Crippen LogP contribution in [-0.4, -0.2) is 39.4 Å². The molecule has 0 saturated carbocycles. The molecule has 1 fully saturated rings. The van der Waals surface area contributed by atoms with Crippen LogP contribution in [0, 0.1) is 11.3 Å². The summed E-state index contributed by atoms with van der Waals surface area (Å²) >= 11 is 0. The first-order valence-electron chi connectivity index (χ1n) is 9.68. The van der Waals surface area contributed by atoms with E-state index in [4.69, 9.17) is 5.26 Å². The molecule has 1 heterocycles. The molecule has 1 aliphatic heterocycles. The smallest absolute Gasteiger partial charge is 0.328 e. The number of nitrogens with zero attached hydrogens (tertiary/aromatic N) is 3. The Morgan fingerprint density at radius 2 is 1.71 bits per heavy atom. The van der Waals surface area contributed by atoms with E-state index in [0.717, 1.165) is 21.2 Å². The van der Waals surface area contributed by atoms with Crippen molar-refractivity contribution in [1.82, 2.24) is 9.80 Å². The molecular formula is C24H19N3O4. The summed E-state index contributed by atoms with van der Waals surface area (Å²) in [5.41, 5.74) is 0.356. The number of benzene rings is 3. The van der Waals surface area contributed by atoms with Crippen LogP contribution in [-0.2, 0) is 21.7 Å². The van der Waals surface area contributed by atoms with Gasteiger partial charge in [-0.05, 0) is 47.0 Å². The Balaban J connectivity index is 1.78. The molecular weight excluding hydrogens is 394 g/mol. The van der Waals surface area contributed by atoms with Crippen molar-refractivity contribution in [2.45, 2.75) is 19.0 Å². The van der Waals surface area contributed by atoms with E-state index in [1.165, 1.54) is 4.90 Å². The van der Waals surface area contributed by atoms with Crippen molar-refractivity contribution in [3.63, 3.8) is 0 Å². The first-order chi connectivity index (χ1) is 14.8. The molecule has 0 radical (unpaired) electrons. The van der Waals surface area contributed by atoms with Crippen LogP contribution in [0.25, 0.3) is 10.8 Å². The first-order valence-corrected chi connectivity index (χ1v) is 9.68. The summed E-state index contributed by atoms with van der Waals surface area (Å²) in [6.45, 7) is 1.03. The van der Waals surface area contributed by atoms with Gasteiger partial charge in [-0.1, -0.05) is 48.5 Å². The molecule has 7 heteroatoms. The normalized spacial score (nSPS) is 18.5. The monoisotopic (exact) mass is 413 g/mol. The second kappa shape index (κ2) is 7.58. The van der Waals surface area contributed by atoms with Gasteiger partial charge < -0.3 is 10.0 Å². The van der Waals surface area contributed by atoms with Gasteiger partial charge in [0.05, 0.1) is 11.6 Å². The molecule has 0 bridgehead atoms. The number of nitriles is 1. The lowest BCUT2D eigenvalue weighted by Gasteiger charge is -2.32. The molecule has 1 N–H and O–H groups in total. The molecule has 3 aromatic rings. The van der Waals surface area contributed by atoms with Gasteiger partial charge in [-0.25, -0.2) is 4.79 Å². The Morgan fingerprint density at radius 3 is 2.35 bits per heavy atom. The molecule has 3 amide bonds. The number of hydrogen-bond donors (Lipinski definition) is 1. The van der Waals surface area contributed by atoms with E-state index in [2.05, 4.69) is 0 Å². The number of urea groups is 1. The molecule has 7 nitrogen and oxygen atoms in total. The van der Waals surface area contributed by atoms with E-state index < -0.39 is 30.0 Å². The number of aliphatic carboxylic acids is 1. The third kappa shape index (κ3) is 3.38. The number of hydrogen-bond acceptors (Lipinski definition) is 4. The van der Waals surface area contributed by atoms with Crippen molar-refractivity contribution in [1.29, 1.82) is 5.26 Å². The molecule has 1 aliphatic rings. The number of fused-ring (bicyclic) bond motifs is 1. The fourth-order valence-electron chi connectivity index (χ4n) is 3.97. The van der Waals surface area contributed by atoms with Crippen LogP contribution in [0.4, 0.5) is 4.79 Å². The predicted molar refractivity (Wildman–Crippen MR) is 113 cm³/mol. The van der Waals surface area contributed by atoms with Crippen molar-refractivity contribution >= 4 is 28.7 Å². The van der Waals surface area contributed by atoms with Crippen molar-refractivity contribution in [2.24, 2.45) is 0 Å². The Bertz CT molecular complexity index is 1250.